The highest BCUT2D eigenvalue weighted by Gasteiger charge is 2.23. The summed E-state index contributed by atoms with van der Waals surface area (Å²) in [6, 6.07) is 12.8. The zero-order chi connectivity index (χ0) is 18.9. The van der Waals surface area contributed by atoms with Gasteiger partial charge in [0.2, 0.25) is 0 Å². The van der Waals surface area contributed by atoms with E-state index in [1.807, 2.05) is 6.07 Å². The van der Waals surface area contributed by atoms with E-state index in [-0.39, 0.29) is 0 Å². The van der Waals surface area contributed by atoms with Crippen LogP contribution in [0.2, 0.25) is 0 Å². The Morgan fingerprint density at radius 1 is 1.00 bits per heavy atom. The van der Waals surface area contributed by atoms with Crippen molar-refractivity contribution >= 4 is 10.9 Å². The van der Waals surface area contributed by atoms with Gasteiger partial charge in [0.1, 0.15) is 18.1 Å². The second-order valence-corrected chi connectivity index (χ2v) is 7.92. The van der Waals surface area contributed by atoms with Gasteiger partial charge in [0, 0.05) is 28.6 Å². The SMILES string of the molecule is COc1ccc2[nH]c3c(c2c1)CCc1c(OCCN2CCCCC2)cccc1-3. The second kappa shape index (κ2) is 7.51. The molecule has 2 aliphatic rings. The maximum atomic E-state index is 6.26. The van der Waals surface area contributed by atoms with Gasteiger partial charge in [0.25, 0.3) is 0 Å². The van der Waals surface area contributed by atoms with Gasteiger partial charge < -0.3 is 14.5 Å². The first-order valence-electron chi connectivity index (χ1n) is 10.5. The normalized spacial score (nSPS) is 16.6. The lowest BCUT2D eigenvalue weighted by Crippen LogP contribution is -2.33. The van der Waals surface area contributed by atoms with Crippen LogP contribution in [-0.2, 0) is 12.8 Å². The third-order valence-electron chi connectivity index (χ3n) is 6.25. The Morgan fingerprint density at radius 3 is 2.71 bits per heavy atom. The molecule has 2 heterocycles. The van der Waals surface area contributed by atoms with E-state index in [1.54, 1.807) is 7.11 Å². The predicted octanol–water partition coefficient (Wildman–Crippen LogP) is 4.81. The smallest absolute Gasteiger partial charge is 0.123 e. The summed E-state index contributed by atoms with van der Waals surface area (Å²) in [4.78, 5) is 6.17. The number of ether oxygens (including phenoxy) is 2. The summed E-state index contributed by atoms with van der Waals surface area (Å²) in [5, 5.41) is 1.27. The fourth-order valence-electron chi connectivity index (χ4n) is 4.75. The number of methoxy groups -OCH3 is 1. The number of aromatic nitrogens is 1. The molecule has 1 aliphatic carbocycles. The van der Waals surface area contributed by atoms with Gasteiger partial charge in [-0.05, 0) is 68.6 Å². The average molecular weight is 377 g/mol. The van der Waals surface area contributed by atoms with Crippen molar-refractivity contribution < 1.29 is 9.47 Å². The summed E-state index contributed by atoms with van der Waals surface area (Å²) in [5.74, 6) is 1.96. The summed E-state index contributed by atoms with van der Waals surface area (Å²) in [5.41, 5.74) is 6.44. The van der Waals surface area contributed by atoms with E-state index >= 15 is 0 Å². The molecule has 1 N–H and O–H groups in total. The molecule has 1 fully saturated rings. The lowest BCUT2D eigenvalue weighted by atomic mass is 9.88. The Morgan fingerprint density at radius 2 is 1.86 bits per heavy atom. The first-order valence-corrected chi connectivity index (χ1v) is 10.5. The molecule has 1 aromatic heterocycles. The topological polar surface area (TPSA) is 37.5 Å². The van der Waals surface area contributed by atoms with E-state index in [4.69, 9.17) is 9.47 Å². The molecular formula is C24H28N2O2. The van der Waals surface area contributed by atoms with Crippen LogP contribution in [0.5, 0.6) is 11.5 Å². The van der Waals surface area contributed by atoms with Gasteiger partial charge in [-0.25, -0.2) is 0 Å². The highest BCUT2D eigenvalue weighted by atomic mass is 16.5. The number of hydrogen-bond donors (Lipinski definition) is 1. The first-order chi connectivity index (χ1) is 13.8. The Labute approximate surface area is 166 Å². The second-order valence-electron chi connectivity index (χ2n) is 7.92. The number of hydrogen-bond acceptors (Lipinski definition) is 3. The molecule has 0 bridgehead atoms. The Kier molecular flexibility index (Phi) is 4.73. The highest BCUT2D eigenvalue weighted by Crippen LogP contribution is 2.41. The van der Waals surface area contributed by atoms with Crippen LogP contribution in [0.25, 0.3) is 22.2 Å². The Balaban J connectivity index is 1.41. The van der Waals surface area contributed by atoms with Crippen molar-refractivity contribution in [2.24, 2.45) is 0 Å². The zero-order valence-corrected chi connectivity index (χ0v) is 16.6. The largest absolute Gasteiger partial charge is 0.497 e. The van der Waals surface area contributed by atoms with Crippen molar-refractivity contribution in [3.05, 3.63) is 47.5 Å². The molecule has 0 spiro atoms. The zero-order valence-electron chi connectivity index (χ0n) is 16.6. The van der Waals surface area contributed by atoms with Crippen molar-refractivity contribution in [2.45, 2.75) is 32.1 Å². The molecule has 0 saturated carbocycles. The van der Waals surface area contributed by atoms with Crippen LogP contribution in [0.15, 0.2) is 36.4 Å². The molecule has 2 aromatic carbocycles. The maximum absolute atomic E-state index is 6.26. The van der Waals surface area contributed by atoms with Gasteiger partial charge in [0.05, 0.1) is 12.8 Å². The lowest BCUT2D eigenvalue weighted by molar-refractivity contribution is 0.183. The molecule has 4 heteroatoms. The van der Waals surface area contributed by atoms with Crippen molar-refractivity contribution in [2.75, 3.05) is 33.4 Å². The molecule has 5 rings (SSSR count). The van der Waals surface area contributed by atoms with Gasteiger partial charge in [-0.2, -0.15) is 0 Å². The monoisotopic (exact) mass is 376 g/mol. The van der Waals surface area contributed by atoms with E-state index in [1.165, 1.54) is 65.6 Å². The molecule has 3 aromatic rings. The minimum absolute atomic E-state index is 0.771. The fourth-order valence-corrected chi connectivity index (χ4v) is 4.75. The van der Waals surface area contributed by atoms with E-state index in [2.05, 4.69) is 40.2 Å². The van der Waals surface area contributed by atoms with Crippen LogP contribution in [0.1, 0.15) is 30.4 Å². The van der Waals surface area contributed by atoms with Crippen molar-refractivity contribution in [3.63, 3.8) is 0 Å². The molecule has 1 saturated heterocycles. The van der Waals surface area contributed by atoms with Crippen molar-refractivity contribution in [1.29, 1.82) is 0 Å². The molecule has 28 heavy (non-hydrogen) atoms. The van der Waals surface area contributed by atoms with Crippen LogP contribution in [0, 0.1) is 0 Å². The minimum atomic E-state index is 0.771. The number of aryl methyl sites for hydroxylation is 1. The quantitative estimate of drug-likeness (QED) is 0.695. The van der Waals surface area contributed by atoms with Gasteiger partial charge in [0.15, 0.2) is 0 Å². The summed E-state index contributed by atoms with van der Waals surface area (Å²) < 4.78 is 11.7. The number of benzene rings is 2. The predicted molar refractivity (Wildman–Crippen MR) is 113 cm³/mol. The molecule has 0 amide bonds. The number of nitrogens with zero attached hydrogens (tertiary/aromatic N) is 1. The number of fused-ring (bicyclic) bond motifs is 5. The number of rotatable bonds is 5. The van der Waals surface area contributed by atoms with Gasteiger partial charge in [-0.1, -0.05) is 18.6 Å². The van der Waals surface area contributed by atoms with E-state index < -0.39 is 0 Å². The summed E-state index contributed by atoms with van der Waals surface area (Å²) >= 11 is 0. The summed E-state index contributed by atoms with van der Waals surface area (Å²) in [6.45, 7) is 4.24. The lowest BCUT2D eigenvalue weighted by Gasteiger charge is -2.26. The third-order valence-corrected chi connectivity index (χ3v) is 6.25. The number of likely N-dealkylation sites (tertiary alicyclic amines) is 1. The summed E-state index contributed by atoms with van der Waals surface area (Å²) in [7, 11) is 1.73. The van der Waals surface area contributed by atoms with Crippen LogP contribution in [-0.4, -0.2) is 43.2 Å². The van der Waals surface area contributed by atoms with Crippen LogP contribution in [0.4, 0.5) is 0 Å². The van der Waals surface area contributed by atoms with Crippen LogP contribution >= 0.6 is 0 Å². The molecule has 1 aliphatic heterocycles. The Hall–Kier alpha value is -2.46. The molecule has 0 atom stereocenters. The molecule has 0 unspecified atom stereocenters. The van der Waals surface area contributed by atoms with Gasteiger partial charge >= 0.3 is 0 Å². The van der Waals surface area contributed by atoms with Crippen molar-refractivity contribution in [1.82, 2.24) is 9.88 Å². The molecule has 4 nitrogen and oxygen atoms in total. The standard InChI is InChI=1S/C24H28N2O2/c1-27-17-8-11-22-21(16-17)20-10-9-18-19(24(20)25-22)6-5-7-23(18)28-15-14-26-12-3-2-4-13-26/h5-8,11,16,25H,2-4,9-10,12-15H2,1H3. The highest BCUT2D eigenvalue weighted by molar-refractivity contribution is 5.93. The fraction of sp³-hybridized carbons (Fsp3) is 0.417. The maximum Gasteiger partial charge on any atom is 0.123 e. The van der Waals surface area contributed by atoms with Crippen LogP contribution in [0.3, 0.4) is 0 Å². The summed E-state index contributed by atoms with van der Waals surface area (Å²) in [6.07, 6.45) is 6.08. The third kappa shape index (κ3) is 3.16. The van der Waals surface area contributed by atoms with E-state index in [0.29, 0.717) is 0 Å². The average Bonchev–Trinajstić information content (AvgIpc) is 3.13. The minimum Gasteiger partial charge on any atom is -0.497 e. The number of nitrogens with one attached hydrogen (secondary N) is 1. The number of piperidine rings is 1. The molecular weight excluding hydrogens is 348 g/mol. The first kappa shape index (κ1) is 17.6. The van der Waals surface area contributed by atoms with Gasteiger partial charge in [-0.3, -0.25) is 4.90 Å². The van der Waals surface area contributed by atoms with Crippen LogP contribution < -0.4 is 9.47 Å². The van der Waals surface area contributed by atoms with E-state index in [0.717, 1.165) is 37.5 Å². The van der Waals surface area contributed by atoms with Gasteiger partial charge in [-0.15, -0.1) is 0 Å². The number of H-pyrrole nitrogens is 1. The molecule has 0 radical (unpaired) electrons. The molecule has 146 valence electrons. The number of aromatic amines is 1. The Bertz CT molecular complexity index is 986. The van der Waals surface area contributed by atoms with E-state index in [9.17, 15) is 0 Å². The van der Waals surface area contributed by atoms with Crippen molar-refractivity contribution in [3.8, 4) is 22.8 Å².